The third-order valence-corrected chi connectivity index (χ3v) is 5.48. The lowest BCUT2D eigenvalue weighted by molar-refractivity contribution is 1.15. The molecule has 0 heterocycles. The Morgan fingerprint density at radius 2 is 1.89 bits per heavy atom. The topological polar surface area (TPSA) is 0 Å². The molecule has 0 radical (unpaired) electrons. The summed E-state index contributed by atoms with van der Waals surface area (Å²) in [7, 11) is 0. The summed E-state index contributed by atoms with van der Waals surface area (Å²) >= 11 is 7.26. The van der Waals surface area contributed by atoms with Crippen LogP contribution in [0.25, 0.3) is 0 Å². The van der Waals surface area contributed by atoms with Crippen LogP contribution in [0.5, 0.6) is 0 Å². The highest BCUT2D eigenvalue weighted by Crippen LogP contribution is 2.26. The summed E-state index contributed by atoms with van der Waals surface area (Å²) < 4.78 is 2.72. The molecule has 1 unspecified atom stereocenters. The van der Waals surface area contributed by atoms with Crippen molar-refractivity contribution in [3.8, 4) is 0 Å². The highest BCUT2D eigenvalue weighted by molar-refractivity contribution is 14.1. The third kappa shape index (κ3) is 2.64. The number of allylic oxidation sites excluding steroid dienone is 4. The predicted molar refractivity (Wildman–Crippen MR) is 66.9 cm³/mol. The number of rotatable bonds is 0. The van der Waals surface area contributed by atoms with Gasteiger partial charge in [-0.2, -0.15) is 0 Å². The van der Waals surface area contributed by atoms with E-state index in [0.717, 1.165) is 0 Å². The summed E-state index contributed by atoms with van der Waals surface area (Å²) in [5.41, 5.74) is 0. The number of hydrogen-bond donors (Lipinski definition) is 0. The van der Waals surface area contributed by atoms with E-state index in [1.165, 1.54) is 3.58 Å². The molecule has 9 heavy (non-hydrogen) atoms. The molecule has 0 fully saturated rings. The maximum absolute atomic E-state index is 2.46. The van der Waals surface area contributed by atoms with Crippen molar-refractivity contribution in [3.05, 3.63) is 21.8 Å². The van der Waals surface area contributed by atoms with Gasteiger partial charge in [0.2, 0.25) is 0 Å². The van der Waals surface area contributed by atoms with Gasteiger partial charge in [0.15, 0.2) is 0 Å². The van der Waals surface area contributed by atoms with Gasteiger partial charge in [0.05, 0.1) is 0 Å². The Balaban J connectivity index is 2.70. The van der Waals surface area contributed by atoms with E-state index >= 15 is 0 Å². The van der Waals surface area contributed by atoms with Crippen LogP contribution < -0.4 is 0 Å². The van der Waals surface area contributed by atoms with E-state index in [1.807, 2.05) is 0 Å². The molecule has 1 rings (SSSR count). The average Bonchev–Trinajstić information content (AvgIpc) is 1.80. The molecule has 0 N–H and O–H groups in total. The molecule has 50 valence electrons. The highest BCUT2D eigenvalue weighted by atomic mass is 127. The van der Waals surface area contributed by atoms with Crippen molar-refractivity contribution < 1.29 is 0 Å². The van der Waals surface area contributed by atoms with Gasteiger partial charge in [-0.05, 0) is 22.6 Å². The number of halogens is 3. The molecule has 0 aromatic rings. The largest absolute Gasteiger partial charge is 0.0766 e. The van der Waals surface area contributed by atoms with Crippen molar-refractivity contribution in [2.45, 2.75) is 7.85 Å². The Labute approximate surface area is 96.0 Å². The quantitative estimate of drug-likeness (QED) is 0.386. The summed E-state index contributed by atoms with van der Waals surface area (Å²) in [5, 5.41) is 0. The van der Waals surface area contributed by atoms with Crippen LogP contribution in [0, 0.1) is 0 Å². The summed E-state index contributed by atoms with van der Waals surface area (Å²) in [5.74, 6) is 0. The Hall–Kier alpha value is 1.67. The fraction of sp³-hybridized carbons (Fsp3) is 0.333. The van der Waals surface area contributed by atoms with Crippen molar-refractivity contribution in [3.63, 3.8) is 0 Å². The zero-order valence-electron chi connectivity index (χ0n) is 4.52. The lowest BCUT2D eigenvalue weighted by atomic mass is 10.2. The minimum Gasteiger partial charge on any atom is -0.0766 e. The van der Waals surface area contributed by atoms with E-state index in [1.54, 1.807) is 0 Å². The van der Waals surface area contributed by atoms with Crippen LogP contribution >= 0.6 is 67.8 Å². The van der Waals surface area contributed by atoms with E-state index < -0.39 is 0 Å². The first-order chi connectivity index (χ1) is 4.20. The summed E-state index contributed by atoms with van der Waals surface area (Å²) in [4.78, 5) is 0. The van der Waals surface area contributed by atoms with E-state index in [0.29, 0.717) is 7.85 Å². The standard InChI is InChI=1S/C6H5I3/c7-4-1-2-5(8)6(9)3-4/h1-3,5-6H/t5-,6?/m1/s1. The summed E-state index contributed by atoms with van der Waals surface area (Å²) in [6.45, 7) is 0. The second-order valence-corrected chi connectivity index (χ2v) is 5.92. The van der Waals surface area contributed by atoms with Crippen molar-refractivity contribution >= 4 is 67.8 Å². The van der Waals surface area contributed by atoms with Crippen LogP contribution in [-0.4, -0.2) is 7.85 Å². The zero-order valence-corrected chi connectivity index (χ0v) is 11.0. The van der Waals surface area contributed by atoms with E-state index in [4.69, 9.17) is 0 Å². The normalized spacial score (nSPS) is 34.3. The second kappa shape index (κ2) is 3.89. The van der Waals surface area contributed by atoms with Crippen LogP contribution in [0.2, 0.25) is 0 Å². The summed E-state index contributed by atoms with van der Waals surface area (Å²) in [6.07, 6.45) is 6.71. The average molecular weight is 458 g/mol. The minimum atomic E-state index is 0.681. The van der Waals surface area contributed by atoms with Crippen molar-refractivity contribution in [1.82, 2.24) is 0 Å². The molecule has 0 spiro atoms. The first kappa shape index (κ1) is 8.76. The van der Waals surface area contributed by atoms with Crippen molar-refractivity contribution in [2.75, 3.05) is 0 Å². The second-order valence-electron chi connectivity index (χ2n) is 1.80. The van der Waals surface area contributed by atoms with Gasteiger partial charge in [-0.15, -0.1) is 0 Å². The molecule has 3 heteroatoms. The van der Waals surface area contributed by atoms with Gasteiger partial charge in [0, 0.05) is 11.4 Å². The molecule has 2 atom stereocenters. The molecule has 0 nitrogen and oxygen atoms in total. The Morgan fingerprint density at radius 1 is 1.22 bits per heavy atom. The molecule has 0 amide bonds. The van der Waals surface area contributed by atoms with Crippen LogP contribution in [-0.2, 0) is 0 Å². The molecule has 1 aliphatic carbocycles. The molecule has 0 aromatic carbocycles. The smallest absolute Gasteiger partial charge is 0.0455 e. The SMILES string of the molecule is IC1=CC(I)[C@H](I)C=C1. The number of alkyl halides is 2. The van der Waals surface area contributed by atoms with Gasteiger partial charge < -0.3 is 0 Å². The van der Waals surface area contributed by atoms with Gasteiger partial charge >= 0.3 is 0 Å². The van der Waals surface area contributed by atoms with E-state index in [-0.39, 0.29) is 0 Å². The van der Waals surface area contributed by atoms with E-state index in [2.05, 4.69) is 86.0 Å². The van der Waals surface area contributed by atoms with Gasteiger partial charge in [-0.3, -0.25) is 0 Å². The molecule has 0 aromatic heterocycles. The Kier molecular flexibility index (Phi) is 3.79. The van der Waals surface area contributed by atoms with Crippen molar-refractivity contribution in [2.24, 2.45) is 0 Å². The van der Waals surface area contributed by atoms with E-state index in [9.17, 15) is 0 Å². The first-order valence-electron chi connectivity index (χ1n) is 2.54. The zero-order chi connectivity index (χ0) is 6.85. The lowest BCUT2D eigenvalue weighted by Crippen LogP contribution is -2.10. The lowest BCUT2D eigenvalue weighted by Gasteiger charge is -2.12. The fourth-order valence-electron chi connectivity index (χ4n) is 0.590. The highest BCUT2D eigenvalue weighted by Gasteiger charge is 2.12. The van der Waals surface area contributed by atoms with Crippen LogP contribution in [0.15, 0.2) is 21.8 Å². The summed E-state index contributed by atoms with van der Waals surface area (Å²) in [6, 6.07) is 0. The van der Waals surface area contributed by atoms with Gasteiger partial charge in [0.25, 0.3) is 0 Å². The Morgan fingerprint density at radius 3 is 2.33 bits per heavy atom. The number of hydrogen-bond acceptors (Lipinski definition) is 0. The molecular formula is C6H5I3. The van der Waals surface area contributed by atoms with Gasteiger partial charge in [-0.1, -0.05) is 63.4 Å². The maximum atomic E-state index is 2.46. The third-order valence-electron chi connectivity index (χ3n) is 1.06. The molecule has 0 saturated heterocycles. The maximum Gasteiger partial charge on any atom is 0.0455 e. The fourth-order valence-corrected chi connectivity index (χ4v) is 2.91. The van der Waals surface area contributed by atoms with Crippen molar-refractivity contribution in [1.29, 1.82) is 0 Å². The predicted octanol–water partition coefficient (Wildman–Crippen LogP) is 3.48. The monoisotopic (exact) mass is 458 g/mol. The van der Waals surface area contributed by atoms with Crippen LogP contribution in [0.1, 0.15) is 0 Å². The first-order valence-corrected chi connectivity index (χ1v) is 6.11. The van der Waals surface area contributed by atoms with Crippen LogP contribution in [0.4, 0.5) is 0 Å². The van der Waals surface area contributed by atoms with Gasteiger partial charge in [-0.25, -0.2) is 0 Å². The molecule has 0 bridgehead atoms. The molecule has 1 aliphatic rings. The van der Waals surface area contributed by atoms with Gasteiger partial charge in [0.1, 0.15) is 0 Å². The Bertz CT molecular complexity index is 160. The molecule has 0 saturated carbocycles. The molecule has 0 aliphatic heterocycles. The molecular weight excluding hydrogens is 453 g/mol. The van der Waals surface area contributed by atoms with Crippen LogP contribution in [0.3, 0.4) is 0 Å². The minimum absolute atomic E-state index is 0.681.